The van der Waals surface area contributed by atoms with Gasteiger partial charge in [-0.2, -0.15) is 5.26 Å². The van der Waals surface area contributed by atoms with Crippen LogP contribution in [0.4, 0.5) is 9.18 Å². The fourth-order valence-corrected chi connectivity index (χ4v) is 4.78. The van der Waals surface area contributed by atoms with Gasteiger partial charge in [-0.25, -0.2) is 18.9 Å². The molecule has 0 radical (unpaired) electrons. The van der Waals surface area contributed by atoms with Crippen LogP contribution in [0.5, 0.6) is 0 Å². The maximum Gasteiger partial charge on any atom is 0.410 e. The molecule has 4 rings (SSSR count). The molecule has 8 nitrogen and oxygen atoms in total. The molecule has 0 aliphatic carbocycles. The first kappa shape index (κ1) is 23.9. The molecule has 0 N–H and O–H groups in total. The van der Waals surface area contributed by atoms with Gasteiger partial charge in [-0.05, 0) is 55.6 Å². The highest BCUT2D eigenvalue weighted by Gasteiger charge is 2.36. The Labute approximate surface area is 207 Å². The van der Waals surface area contributed by atoms with E-state index in [2.05, 4.69) is 37.3 Å². The van der Waals surface area contributed by atoms with Crippen molar-refractivity contribution in [1.82, 2.24) is 24.9 Å². The number of carbonyl (C=O) groups excluding carboxylic acids is 1. The summed E-state index contributed by atoms with van der Waals surface area (Å²) in [6.45, 7) is 5.75. The summed E-state index contributed by atoms with van der Waals surface area (Å²) in [6, 6.07) is 3.16. The summed E-state index contributed by atoms with van der Waals surface area (Å²) in [7, 11) is 0. The standard InChI is InChI=1S/C21H20BrCl2FN6O2/c1-21(2,3)33-20(32)30-7-5-11(8-10(30)4-6-26)31-18-12-9-13(23)14(22)15(25)16(12)27-19(24)17(18)28-29-31/h9-11H,4-5,7-8H2,1-3H3/t10-,11+/m1/s1. The van der Waals surface area contributed by atoms with E-state index in [9.17, 15) is 14.4 Å². The summed E-state index contributed by atoms with van der Waals surface area (Å²) < 4.78 is 22.2. The molecule has 1 aliphatic heterocycles. The maximum atomic E-state index is 14.9. The van der Waals surface area contributed by atoms with Gasteiger partial charge in [0.15, 0.2) is 16.5 Å². The van der Waals surface area contributed by atoms with Gasteiger partial charge in [0.05, 0.1) is 34.1 Å². The third-order valence-corrected chi connectivity index (χ3v) is 7.05. The Morgan fingerprint density at radius 3 is 2.79 bits per heavy atom. The quantitative estimate of drug-likeness (QED) is 0.281. The summed E-state index contributed by atoms with van der Waals surface area (Å²) in [5, 5.41) is 18.4. The van der Waals surface area contributed by atoms with Gasteiger partial charge in [-0.15, -0.1) is 5.10 Å². The Morgan fingerprint density at radius 1 is 1.39 bits per heavy atom. The van der Waals surface area contributed by atoms with E-state index in [1.165, 1.54) is 0 Å². The van der Waals surface area contributed by atoms with E-state index in [1.54, 1.807) is 36.4 Å². The molecule has 3 heterocycles. The molecule has 1 saturated heterocycles. The normalized spacial score (nSPS) is 19.2. The SMILES string of the molecule is CC(C)(C)OC(=O)N1CC[C@H](n2nnc3c(Cl)nc4c(F)c(Br)c(Cl)cc4c32)C[C@H]1CC#N. The largest absolute Gasteiger partial charge is 0.444 e. The smallest absolute Gasteiger partial charge is 0.410 e. The Bertz CT molecular complexity index is 1300. The molecule has 0 spiro atoms. The molecule has 2 aromatic heterocycles. The number of hydrogen-bond donors (Lipinski definition) is 0. The first-order valence-electron chi connectivity index (χ1n) is 10.3. The summed E-state index contributed by atoms with van der Waals surface area (Å²) in [4.78, 5) is 18.4. The molecule has 1 amide bonds. The second-order valence-electron chi connectivity index (χ2n) is 8.88. The summed E-state index contributed by atoms with van der Waals surface area (Å²) in [6.07, 6.45) is 0.660. The van der Waals surface area contributed by atoms with Crippen LogP contribution in [0.25, 0.3) is 21.9 Å². The number of amides is 1. The summed E-state index contributed by atoms with van der Waals surface area (Å²) in [5.74, 6) is -0.629. The van der Waals surface area contributed by atoms with Gasteiger partial charge in [0, 0.05) is 11.9 Å². The predicted octanol–water partition coefficient (Wildman–Crippen LogP) is 6.04. The summed E-state index contributed by atoms with van der Waals surface area (Å²) in [5.41, 5.74) is 0.234. The van der Waals surface area contributed by atoms with Gasteiger partial charge in [0.1, 0.15) is 16.6 Å². The first-order valence-corrected chi connectivity index (χ1v) is 11.8. The van der Waals surface area contributed by atoms with Crippen LogP contribution >= 0.6 is 39.1 Å². The molecule has 0 bridgehead atoms. The number of hydrogen-bond acceptors (Lipinski definition) is 6. The number of aromatic nitrogens is 4. The van der Waals surface area contributed by atoms with Gasteiger partial charge in [-0.3, -0.25) is 0 Å². The maximum absolute atomic E-state index is 14.9. The van der Waals surface area contributed by atoms with Crippen LogP contribution in [0.3, 0.4) is 0 Å². The monoisotopic (exact) mass is 556 g/mol. The van der Waals surface area contributed by atoms with E-state index in [1.807, 2.05) is 0 Å². The van der Waals surface area contributed by atoms with Gasteiger partial charge < -0.3 is 9.64 Å². The van der Waals surface area contributed by atoms with Crippen LogP contribution < -0.4 is 0 Å². The first-order chi connectivity index (χ1) is 15.5. The van der Waals surface area contributed by atoms with Crippen molar-refractivity contribution in [2.75, 3.05) is 6.54 Å². The Morgan fingerprint density at radius 2 is 2.12 bits per heavy atom. The van der Waals surface area contributed by atoms with Crippen molar-refractivity contribution in [2.45, 2.75) is 57.7 Å². The minimum atomic E-state index is -0.645. The van der Waals surface area contributed by atoms with E-state index in [0.29, 0.717) is 35.8 Å². The zero-order valence-corrected chi connectivity index (χ0v) is 21.2. The number of pyridine rings is 1. The lowest BCUT2D eigenvalue weighted by molar-refractivity contribution is 0.00557. The van der Waals surface area contributed by atoms with Crippen molar-refractivity contribution in [3.63, 3.8) is 0 Å². The molecule has 1 aliphatic rings. The van der Waals surface area contributed by atoms with Gasteiger partial charge in [0.25, 0.3) is 0 Å². The topological polar surface area (TPSA) is 96.9 Å². The van der Waals surface area contributed by atoms with Crippen molar-refractivity contribution in [3.05, 3.63) is 26.5 Å². The highest BCUT2D eigenvalue weighted by molar-refractivity contribution is 9.10. The van der Waals surface area contributed by atoms with E-state index in [0.717, 1.165) is 0 Å². The lowest BCUT2D eigenvalue weighted by atomic mass is 9.95. The van der Waals surface area contributed by atoms with Crippen molar-refractivity contribution < 1.29 is 13.9 Å². The third kappa shape index (κ3) is 4.46. The number of nitrogens with zero attached hydrogens (tertiary/aromatic N) is 6. The Kier molecular flexibility index (Phi) is 6.42. The van der Waals surface area contributed by atoms with Crippen molar-refractivity contribution in [1.29, 1.82) is 5.26 Å². The lowest BCUT2D eigenvalue weighted by Gasteiger charge is -2.39. The van der Waals surface area contributed by atoms with Crippen LogP contribution in [0, 0.1) is 17.1 Å². The molecule has 1 aromatic carbocycles. The van der Waals surface area contributed by atoms with Gasteiger partial charge in [-0.1, -0.05) is 28.4 Å². The number of halogens is 4. The van der Waals surface area contributed by atoms with Crippen LogP contribution in [-0.2, 0) is 4.74 Å². The van der Waals surface area contributed by atoms with Crippen LogP contribution in [0.1, 0.15) is 46.1 Å². The van der Waals surface area contributed by atoms with Crippen LogP contribution in [-0.4, -0.2) is 49.2 Å². The van der Waals surface area contributed by atoms with Crippen molar-refractivity contribution in [3.8, 4) is 6.07 Å². The van der Waals surface area contributed by atoms with E-state index in [-0.39, 0.29) is 38.7 Å². The number of benzene rings is 1. The zero-order chi connectivity index (χ0) is 24.1. The fraction of sp³-hybridized carbons (Fsp3) is 0.476. The lowest BCUT2D eigenvalue weighted by Crippen LogP contribution is -2.48. The molecular formula is C21H20BrCl2FN6O2. The number of ether oxygens (including phenoxy) is 1. The average Bonchev–Trinajstić information content (AvgIpc) is 3.18. The predicted molar refractivity (Wildman–Crippen MR) is 126 cm³/mol. The minimum Gasteiger partial charge on any atom is -0.444 e. The number of carbonyl (C=O) groups is 1. The molecule has 12 heteroatoms. The second kappa shape index (κ2) is 8.85. The Hall–Kier alpha value is -2.22. The molecule has 1 fully saturated rings. The molecule has 0 unspecified atom stereocenters. The molecule has 0 saturated carbocycles. The number of nitriles is 1. The highest BCUT2D eigenvalue weighted by Crippen LogP contribution is 2.39. The van der Waals surface area contributed by atoms with Crippen LogP contribution in [0.15, 0.2) is 10.5 Å². The van der Waals surface area contributed by atoms with E-state index >= 15 is 0 Å². The minimum absolute atomic E-state index is 0.0247. The highest BCUT2D eigenvalue weighted by atomic mass is 79.9. The zero-order valence-electron chi connectivity index (χ0n) is 18.1. The number of likely N-dealkylation sites (tertiary alicyclic amines) is 1. The van der Waals surface area contributed by atoms with Gasteiger partial charge in [0.2, 0.25) is 0 Å². The number of fused-ring (bicyclic) bond motifs is 3. The summed E-state index contributed by atoms with van der Waals surface area (Å²) >= 11 is 15.7. The van der Waals surface area contributed by atoms with Crippen molar-refractivity contribution >= 4 is 67.2 Å². The Balaban J connectivity index is 1.76. The molecule has 2 atom stereocenters. The van der Waals surface area contributed by atoms with Crippen LogP contribution in [0.2, 0.25) is 10.2 Å². The van der Waals surface area contributed by atoms with Crippen molar-refractivity contribution in [2.24, 2.45) is 0 Å². The van der Waals surface area contributed by atoms with E-state index in [4.69, 9.17) is 27.9 Å². The molecule has 33 heavy (non-hydrogen) atoms. The molecule has 3 aromatic rings. The molecule has 174 valence electrons. The average molecular weight is 558 g/mol. The molecular weight excluding hydrogens is 538 g/mol. The number of piperidine rings is 1. The third-order valence-electron chi connectivity index (χ3n) is 5.48. The fourth-order valence-electron chi connectivity index (χ4n) is 4.08. The van der Waals surface area contributed by atoms with E-state index < -0.39 is 17.5 Å². The number of rotatable bonds is 2. The second-order valence-corrected chi connectivity index (χ2v) is 10.4. The van der Waals surface area contributed by atoms with Gasteiger partial charge >= 0.3 is 6.09 Å².